The van der Waals surface area contributed by atoms with Gasteiger partial charge in [0.15, 0.2) is 0 Å². The number of rotatable bonds is 2. The highest BCUT2D eigenvalue weighted by Crippen LogP contribution is 2.35. The molecule has 1 aromatic carbocycles. The van der Waals surface area contributed by atoms with Crippen molar-refractivity contribution in [3.8, 4) is 22.5 Å². The van der Waals surface area contributed by atoms with E-state index in [2.05, 4.69) is 36.5 Å². The van der Waals surface area contributed by atoms with E-state index in [9.17, 15) is 0 Å². The van der Waals surface area contributed by atoms with Gasteiger partial charge >= 0.3 is 0 Å². The lowest BCUT2D eigenvalue weighted by molar-refractivity contribution is 0.439. The number of halogens is 1. The normalized spacial score (nSPS) is 10.7. The summed E-state index contributed by atoms with van der Waals surface area (Å²) in [6, 6.07) is 7.71. The molecular weight excluding hydrogens is 298 g/mol. The number of nitrogens with two attached hydrogens (primary N) is 1. The fraction of sp³-hybridized carbons (Fsp3) is 0. The van der Waals surface area contributed by atoms with Crippen molar-refractivity contribution in [2.24, 2.45) is 0 Å². The predicted octanol–water partition coefficient (Wildman–Crippen LogP) is 2.47. The molecule has 0 saturated heterocycles. The van der Waals surface area contributed by atoms with Crippen molar-refractivity contribution in [2.45, 2.75) is 0 Å². The molecule has 2 aromatic heterocycles. The maximum atomic E-state index is 5.83. The van der Waals surface area contributed by atoms with E-state index >= 15 is 0 Å². The summed E-state index contributed by atoms with van der Waals surface area (Å²) in [6.45, 7) is 0. The monoisotopic (exact) mass is 305 g/mol. The summed E-state index contributed by atoms with van der Waals surface area (Å²) >= 11 is 3.42. The number of aromatic amines is 1. The lowest BCUT2D eigenvalue weighted by Crippen LogP contribution is -1.88. The van der Waals surface area contributed by atoms with Crippen molar-refractivity contribution < 1.29 is 4.52 Å². The molecule has 0 fully saturated rings. The predicted molar refractivity (Wildman–Crippen MR) is 69.4 cm³/mol. The highest BCUT2D eigenvalue weighted by Gasteiger charge is 2.19. The van der Waals surface area contributed by atoms with Gasteiger partial charge in [-0.3, -0.25) is 0 Å². The van der Waals surface area contributed by atoms with Crippen LogP contribution in [-0.2, 0) is 0 Å². The standard InChI is InChI=1S/C11H8BrN5O/c12-7-3-1-2-6(4-7)9-10(16-18-11(9)13)8-5-14-17-15-8/h1-5H,13H2,(H,14,15,17). The Morgan fingerprint density at radius 1 is 1.33 bits per heavy atom. The van der Waals surface area contributed by atoms with Gasteiger partial charge in [-0.15, -0.1) is 0 Å². The van der Waals surface area contributed by atoms with E-state index < -0.39 is 0 Å². The van der Waals surface area contributed by atoms with Crippen LogP contribution in [0, 0.1) is 0 Å². The molecule has 0 amide bonds. The first-order valence-electron chi connectivity index (χ1n) is 5.13. The average Bonchev–Trinajstić information content (AvgIpc) is 2.97. The second-order valence-electron chi connectivity index (χ2n) is 3.64. The van der Waals surface area contributed by atoms with Crippen LogP contribution in [0.25, 0.3) is 22.5 Å². The minimum absolute atomic E-state index is 0.256. The third-order valence-corrected chi connectivity index (χ3v) is 2.98. The summed E-state index contributed by atoms with van der Waals surface area (Å²) in [5.74, 6) is 0.256. The van der Waals surface area contributed by atoms with Crippen molar-refractivity contribution >= 4 is 21.8 Å². The molecule has 0 aliphatic heterocycles. The van der Waals surface area contributed by atoms with Gasteiger partial charge in [-0.25, -0.2) is 0 Å². The summed E-state index contributed by atoms with van der Waals surface area (Å²) in [4.78, 5) is 0. The number of benzene rings is 1. The number of anilines is 1. The molecule has 0 aliphatic rings. The quantitative estimate of drug-likeness (QED) is 0.758. The summed E-state index contributed by atoms with van der Waals surface area (Å²) in [7, 11) is 0. The van der Waals surface area contributed by atoms with Crippen LogP contribution in [0.2, 0.25) is 0 Å². The SMILES string of the molecule is Nc1onc(-c2cn[nH]n2)c1-c1cccc(Br)c1. The highest BCUT2D eigenvalue weighted by molar-refractivity contribution is 9.10. The van der Waals surface area contributed by atoms with E-state index in [-0.39, 0.29) is 5.88 Å². The number of nitrogens with one attached hydrogen (secondary N) is 1. The Morgan fingerprint density at radius 2 is 2.22 bits per heavy atom. The number of hydrogen-bond acceptors (Lipinski definition) is 5. The van der Waals surface area contributed by atoms with Gasteiger partial charge in [-0.05, 0) is 17.7 Å². The maximum Gasteiger partial charge on any atom is 0.230 e. The van der Waals surface area contributed by atoms with Crippen molar-refractivity contribution in [2.75, 3.05) is 5.73 Å². The number of hydrogen-bond donors (Lipinski definition) is 2. The van der Waals surface area contributed by atoms with Gasteiger partial charge in [0.25, 0.3) is 0 Å². The highest BCUT2D eigenvalue weighted by atomic mass is 79.9. The van der Waals surface area contributed by atoms with E-state index in [1.807, 2.05) is 24.3 Å². The van der Waals surface area contributed by atoms with Gasteiger partial charge < -0.3 is 10.3 Å². The molecule has 0 aliphatic carbocycles. The van der Waals surface area contributed by atoms with Gasteiger partial charge in [0.1, 0.15) is 11.4 Å². The molecule has 3 N–H and O–H groups in total. The molecule has 18 heavy (non-hydrogen) atoms. The van der Waals surface area contributed by atoms with E-state index in [0.29, 0.717) is 17.0 Å². The zero-order chi connectivity index (χ0) is 12.5. The average molecular weight is 306 g/mol. The Bertz CT molecular complexity index is 677. The Labute approximate surface area is 110 Å². The van der Waals surface area contributed by atoms with Crippen LogP contribution in [0.3, 0.4) is 0 Å². The molecule has 0 radical (unpaired) electrons. The van der Waals surface area contributed by atoms with Crippen LogP contribution in [-0.4, -0.2) is 20.6 Å². The summed E-state index contributed by atoms with van der Waals surface area (Å²) in [5, 5.41) is 14.2. The van der Waals surface area contributed by atoms with E-state index in [1.54, 1.807) is 6.20 Å². The summed E-state index contributed by atoms with van der Waals surface area (Å²) in [5.41, 5.74) is 8.60. The number of nitrogens with zero attached hydrogens (tertiary/aromatic N) is 3. The topological polar surface area (TPSA) is 93.6 Å². The lowest BCUT2D eigenvalue weighted by Gasteiger charge is -2.01. The molecule has 2 heterocycles. The molecule has 6 nitrogen and oxygen atoms in total. The molecule has 0 atom stereocenters. The van der Waals surface area contributed by atoms with Crippen LogP contribution >= 0.6 is 15.9 Å². The molecule has 0 spiro atoms. The van der Waals surface area contributed by atoms with Gasteiger partial charge in [-0.1, -0.05) is 33.2 Å². The van der Waals surface area contributed by atoms with Gasteiger partial charge in [0.05, 0.1) is 11.8 Å². The minimum atomic E-state index is 0.256. The molecule has 90 valence electrons. The summed E-state index contributed by atoms with van der Waals surface area (Å²) in [6.07, 6.45) is 1.57. The maximum absolute atomic E-state index is 5.83. The zero-order valence-corrected chi connectivity index (χ0v) is 10.7. The Balaban J connectivity index is 2.20. The second kappa shape index (κ2) is 4.26. The van der Waals surface area contributed by atoms with Crippen molar-refractivity contribution in [3.05, 3.63) is 34.9 Å². The van der Waals surface area contributed by atoms with Crippen LogP contribution in [0.15, 0.2) is 39.5 Å². The Morgan fingerprint density at radius 3 is 2.94 bits per heavy atom. The van der Waals surface area contributed by atoms with E-state index in [1.165, 1.54) is 0 Å². The molecule has 3 rings (SSSR count). The fourth-order valence-electron chi connectivity index (χ4n) is 1.72. The second-order valence-corrected chi connectivity index (χ2v) is 4.55. The number of aromatic nitrogens is 4. The largest absolute Gasteiger partial charge is 0.367 e. The molecule has 0 unspecified atom stereocenters. The zero-order valence-electron chi connectivity index (χ0n) is 9.09. The van der Waals surface area contributed by atoms with E-state index in [4.69, 9.17) is 10.3 Å². The molecule has 7 heteroatoms. The fourth-order valence-corrected chi connectivity index (χ4v) is 2.12. The van der Waals surface area contributed by atoms with Crippen LogP contribution in [0.5, 0.6) is 0 Å². The first-order valence-corrected chi connectivity index (χ1v) is 5.92. The number of H-pyrrole nitrogens is 1. The van der Waals surface area contributed by atoms with Gasteiger partial charge in [-0.2, -0.15) is 15.4 Å². The first-order chi connectivity index (χ1) is 8.75. The third-order valence-electron chi connectivity index (χ3n) is 2.49. The smallest absolute Gasteiger partial charge is 0.230 e. The van der Waals surface area contributed by atoms with Crippen LogP contribution < -0.4 is 5.73 Å². The lowest BCUT2D eigenvalue weighted by atomic mass is 10.0. The Kier molecular flexibility index (Phi) is 2.60. The van der Waals surface area contributed by atoms with Crippen molar-refractivity contribution in [1.82, 2.24) is 20.6 Å². The summed E-state index contributed by atoms with van der Waals surface area (Å²) < 4.78 is 6.00. The first kappa shape index (κ1) is 11.0. The van der Waals surface area contributed by atoms with Crippen molar-refractivity contribution in [3.63, 3.8) is 0 Å². The molecule has 0 saturated carbocycles. The Hall–Kier alpha value is -2.15. The minimum Gasteiger partial charge on any atom is -0.367 e. The molecule has 3 aromatic rings. The van der Waals surface area contributed by atoms with Crippen molar-refractivity contribution in [1.29, 1.82) is 0 Å². The van der Waals surface area contributed by atoms with Crippen LogP contribution in [0.1, 0.15) is 0 Å². The van der Waals surface area contributed by atoms with Gasteiger partial charge in [0.2, 0.25) is 5.88 Å². The molecular formula is C11H8BrN5O. The number of nitrogen functional groups attached to an aromatic ring is 1. The third kappa shape index (κ3) is 1.78. The van der Waals surface area contributed by atoms with Gasteiger partial charge in [0, 0.05) is 4.47 Å². The van der Waals surface area contributed by atoms with Crippen LogP contribution in [0.4, 0.5) is 5.88 Å². The molecule has 0 bridgehead atoms. The van der Waals surface area contributed by atoms with E-state index in [0.717, 1.165) is 10.0 Å².